The number of aromatic hydroxyl groups is 1. The molecule has 0 saturated heterocycles. The number of aromatic nitrogens is 1. The van der Waals surface area contributed by atoms with E-state index in [1.165, 1.54) is 6.07 Å². The van der Waals surface area contributed by atoms with E-state index in [1.807, 2.05) is 42.5 Å². The minimum Gasteiger partial charge on any atom is -0.502 e. The van der Waals surface area contributed by atoms with Crippen LogP contribution in [0.5, 0.6) is 5.75 Å². The Hall–Kier alpha value is -2.57. The first-order chi connectivity index (χ1) is 16.1. The Labute approximate surface area is 212 Å². The summed E-state index contributed by atoms with van der Waals surface area (Å²) in [6, 6.07) is 20.1. The van der Waals surface area contributed by atoms with Gasteiger partial charge in [-0.15, -0.1) is 0 Å². The molecule has 176 valence electrons. The predicted molar refractivity (Wildman–Crippen MR) is 139 cm³/mol. The van der Waals surface area contributed by atoms with Crippen molar-refractivity contribution in [2.24, 2.45) is 5.14 Å². The van der Waals surface area contributed by atoms with Crippen LogP contribution >= 0.6 is 39.2 Å². The summed E-state index contributed by atoms with van der Waals surface area (Å²) in [6.45, 7) is 0. The van der Waals surface area contributed by atoms with Gasteiger partial charge in [0, 0.05) is 21.5 Å². The van der Waals surface area contributed by atoms with Crippen molar-refractivity contribution < 1.29 is 18.7 Å². The molecular weight excluding hydrogens is 560 g/mol. The normalized spacial score (nSPS) is 11.6. The first-order valence-corrected chi connectivity index (χ1v) is 14.1. The number of halogens is 1. The van der Waals surface area contributed by atoms with Crippen molar-refractivity contribution in [3.05, 3.63) is 92.7 Å². The number of thioether (sulfide) groups is 1. The molecule has 3 aromatic carbocycles. The lowest BCUT2D eigenvalue weighted by Crippen LogP contribution is -2.11. The predicted octanol–water partition coefficient (Wildman–Crippen LogP) is 5.03. The third kappa shape index (κ3) is 5.39. The fourth-order valence-corrected chi connectivity index (χ4v) is 6.35. The number of nitrogens with zero attached hydrogens (tertiary/aromatic N) is 1. The highest BCUT2D eigenvalue weighted by Gasteiger charge is 2.17. The van der Waals surface area contributed by atoms with Gasteiger partial charge in [-0.2, -0.15) is 11.8 Å². The third-order valence-electron chi connectivity index (χ3n) is 5.03. The average Bonchev–Trinajstić information content (AvgIpc) is 3.06. The molecule has 1 heterocycles. The van der Waals surface area contributed by atoms with E-state index in [0.29, 0.717) is 19.0 Å². The van der Waals surface area contributed by atoms with Crippen LogP contribution in [-0.2, 0) is 21.5 Å². The zero-order valence-corrected chi connectivity index (χ0v) is 21.5. The van der Waals surface area contributed by atoms with E-state index in [4.69, 9.17) is 5.14 Å². The molecule has 0 spiro atoms. The van der Waals surface area contributed by atoms with Gasteiger partial charge in [0.15, 0.2) is 0 Å². The van der Waals surface area contributed by atoms with E-state index in [-0.39, 0.29) is 4.90 Å². The number of nitrogens with two attached hydrogens (primary N) is 1. The fourth-order valence-electron chi connectivity index (χ4n) is 3.30. The van der Waals surface area contributed by atoms with E-state index in [9.17, 15) is 23.5 Å². The van der Waals surface area contributed by atoms with Crippen molar-refractivity contribution in [2.45, 2.75) is 16.4 Å². The van der Waals surface area contributed by atoms with Gasteiger partial charge in [-0.1, -0.05) is 68.6 Å². The molecule has 0 saturated carbocycles. The Morgan fingerprint density at radius 3 is 2.26 bits per heavy atom. The smallest absolute Gasteiger partial charge is 0.336 e. The second-order valence-electron chi connectivity index (χ2n) is 7.42. The second-order valence-corrected chi connectivity index (χ2v) is 11.8. The van der Waals surface area contributed by atoms with Crippen LogP contribution in [0.2, 0.25) is 0 Å². The number of primary sulfonamides is 1. The summed E-state index contributed by atoms with van der Waals surface area (Å²) in [7, 11) is -3.75. The Bertz CT molecular complexity index is 1510. The maximum Gasteiger partial charge on any atom is 0.336 e. The molecule has 0 radical (unpaired) electrons. The SMILES string of the molecule is NS(=O)(=O)c1cccc(-c2ccc(CSCc3ccc(-c4sn(O)c(=O)c4O)c(Br)c3)cc2)c1. The maximum atomic E-state index is 11.6. The second kappa shape index (κ2) is 9.96. The molecule has 0 aliphatic rings. The van der Waals surface area contributed by atoms with Crippen LogP contribution in [-0.4, -0.2) is 22.9 Å². The number of sulfonamides is 1. The zero-order chi connectivity index (χ0) is 24.5. The molecule has 34 heavy (non-hydrogen) atoms. The van der Waals surface area contributed by atoms with Crippen LogP contribution in [0, 0.1) is 0 Å². The number of hydrogen-bond acceptors (Lipinski definition) is 7. The summed E-state index contributed by atoms with van der Waals surface area (Å²) in [4.78, 5) is 12.0. The highest BCUT2D eigenvalue weighted by molar-refractivity contribution is 9.10. The minimum absolute atomic E-state index is 0.0834. The van der Waals surface area contributed by atoms with Gasteiger partial charge in [-0.3, -0.25) is 4.79 Å². The molecule has 4 aromatic rings. The molecule has 0 amide bonds. The molecule has 1 aromatic heterocycles. The van der Waals surface area contributed by atoms with Gasteiger partial charge >= 0.3 is 5.56 Å². The lowest BCUT2D eigenvalue weighted by Gasteiger charge is -2.08. The zero-order valence-electron chi connectivity index (χ0n) is 17.5. The molecule has 0 aliphatic heterocycles. The Morgan fingerprint density at radius 2 is 1.65 bits per heavy atom. The van der Waals surface area contributed by atoms with Gasteiger partial charge in [0.25, 0.3) is 0 Å². The summed E-state index contributed by atoms with van der Waals surface area (Å²) in [6.07, 6.45) is 0. The van der Waals surface area contributed by atoms with Crippen molar-refractivity contribution in [2.75, 3.05) is 0 Å². The highest BCUT2D eigenvalue weighted by atomic mass is 79.9. The molecule has 0 fully saturated rings. The van der Waals surface area contributed by atoms with Crippen LogP contribution in [0.3, 0.4) is 0 Å². The molecule has 0 bridgehead atoms. The van der Waals surface area contributed by atoms with Crippen molar-refractivity contribution >= 4 is 49.2 Å². The van der Waals surface area contributed by atoms with Crippen LogP contribution in [0.4, 0.5) is 0 Å². The molecule has 11 heteroatoms. The van der Waals surface area contributed by atoms with Crippen LogP contribution in [0.1, 0.15) is 11.1 Å². The van der Waals surface area contributed by atoms with Gasteiger partial charge in [-0.25, -0.2) is 13.6 Å². The maximum absolute atomic E-state index is 11.6. The largest absolute Gasteiger partial charge is 0.502 e. The lowest BCUT2D eigenvalue weighted by molar-refractivity contribution is 0.206. The summed E-state index contributed by atoms with van der Waals surface area (Å²) >= 11 is 5.98. The van der Waals surface area contributed by atoms with E-state index in [1.54, 1.807) is 30.0 Å². The number of hydrogen-bond donors (Lipinski definition) is 3. The first kappa shape index (κ1) is 24.6. The Balaban J connectivity index is 1.40. The molecule has 4 N–H and O–H groups in total. The summed E-state index contributed by atoms with van der Waals surface area (Å²) in [5.41, 5.74) is 3.67. The number of rotatable bonds is 7. The van der Waals surface area contributed by atoms with E-state index in [0.717, 1.165) is 45.3 Å². The van der Waals surface area contributed by atoms with Gasteiger partial charge in [0.1, 0.15) is 4.88 Å². The quantitative estimate of drug-likeness (QED) is 0.264. The Morgan fingerprint density at radius 1 is 0.971 bits per heavy atom. The third-order valence-corrected chi connectivity index (χ3v) is 8.61. The monoisotopic (exact) mass is 578 g/mol. The Kier molecular flexibility index (Phi) is 7.20. The standard InChI is InChI=1S/C23H19BrN2O5S3/c24-20-10-15(6-9-19(20)22-21(27)23(28)26(29)33-22)13-32-12-14-4-7-16(8-5-14)17-2-1-3-18(11-17)34(25,30)31/h1-11,27,29H,12-13H2,(H2,25,30,31). The molecule has 0 atom stereocenters. The molecule has 0 aliphatic carbocycles. The first-order valence-electron chi connectivity index (χ1n) is 9.87. The van der Waals surface area contributed by atoms with Crippen molar-refractivity contribution in [1.29, 1.82) is 0 Å². The topological polar surface area (TPSA) is 123 Å². The highest BCUT2D eigenvalue weighted by Crippen LogP contribution is 2.37. The fraction of sp³-hybridized carbons (Fsp3) is 0.0870. The van der Waals surface area contributed by atoms with E-state index >= 15 is 0 Å². The van der Waals surface area contributed by atoms with Crippen molar-refractivity contribution in [3.63, 3.8) is 0 Å². The van der Waals surface area contributed by atoms with Gasteiger partial charge in [0.05, 0.1) is 4.90 Å². The van der Waals surface area contributed by atoms with E-state index < -0.39 is 21.3 Å². The van der Waals surface area contributed by atoms with Gasteiger partial charge in [-0.05, 0) is 52.0 Å². The van der Waals surface area contributed by atoms with Crippen LogP contribution < -0.4 is 10.7 Å². The van der Waals surface area contributed by atoms with E-state index in [2.05, 4.69) is 15.9 Å². The summed E-state index contributed by atoms with van der Waals surface area (Å²) in [5, 5.41) is 24.7. The van der Waals surface area contributed by atoms with Crippen LogP contribution in [0.25, 0.3) is 21.6 Å². The van der Waals surface area contributed by atoms with Crippen molar-refractivity contribution in [1.82, 2.24) is 4.12 Å². The molecule has 7 nitrogen and oxygen atoms in total. The number of benzene rings is 3. The molecular formula is C23H19BrN2O5S3. The average molecular weight is 580 g/mol. The molecule has 0 unspecified atom stereocenters. The summed E-state index contributed by atoms with van der Waals surface area (Å²) in [5.74, 6) is 1.06. The lowest BCUT2D eigenvalue weighted by atomic mass is 10.0. The van der Waals surface area contributed by atoms with Gasteiger partial charge in [0.2, 0.25) is 15.8 Å². The minimum atomic E-state index is -3.75. The molecule has 4 rings (SSSR count). The summed E-state index contributed by atoms with van der Waals surface area (Å²) < 4.78 is 24.3. The van der Waals surface area contributed by atoms with Gasteiger partial charge < -0.3 is 10.3 Å². The van der Waals surface area contributed by atoms with Crippen molar-refractivity contribution in [3.8, 4) is 27.3 Å². The van der Waals surface area contributed by atoms with Crippen LogP contribution in [0.15, 0.2) is 80.9 Å².